The molecule has 0 aliphatic rings. The van der Waals surface area contributed by atoms with E-state index in [4.69, 9.17) is 20.9 Å². The number of nitrogens with zero attached hydrogens (tertiary/aromatic N) is 3. The maximum atomic E-state index is 15.5. The fourth-order valence-corrected chi connectivity index (χ4v) is 5.50. The second kappa shape index (κ2) is 9.25. The Kier molecular flexibility index (Phi) is 6.11. The minimum atomic E-state index is -4.28. The van der Waals surface area contributed by atoms with Crippen LogP contribution in [0, 0.1) is 12.7 Å². The maximum Gasteiger partial charge on any atom is 0.270 e. The van der Waals surface area contributed by atoms with Crippen LogP contribution < -0.4 is 9.04 Å². The van der Waals surface area contributed by atoms with Crippen LogP contribution in [0.25, 0.3) is 21.9 Å². The van der Waals surface area contributed by atoms with E-state index in [9.17, 15) is 8.42 Å². The van der Waals surface area contributed by atoms with Crippen molar-refractivity contribution in [2.24, 2.45) is 0 Å². The highest BCUT2D eigenvalue weighted by Crippen LogP contribution is 2.42. The Morgan fingerprint density at radius 2 is 1.86 bits per heavy atom. The lowest BCUT2D eigenvalue weighted by Crippen LogP contribution is -2.27. The Morgan fingerprint density at radius 1 is 1.03 bits per heavy atom. The van der Waals surface area contributed by atoms with Gasteiger partial charge in [-0.05, 0) is 59.8 Å². The van der Waals surface area contributed by atoms with Gasteiger partial charge in [0.05, 0.1) is 12.0 Å². The molecule has 182 valence electrons. The van der Waals surface area contributed by atoms with Gasteiger partial charge in [-0.1, -0.05) is 28.9 Å². The number of pyridine rings is 1. The smallest absolute Gasteiger partial charge is 0.270 e. The molecule has 0 atom stereocenters. The molecule has 0 radical (unpaired) electrons. The van der Waals surface area contributed by atoms with Crippen molar-refractivity contribution in [3.63, 3.8) is 0 Å². The van der Waals surface area contributed by atoms with Gasteiger partial charge in [0.1, 0.15) is 23.5 Å². The van der Waals surface area contributed by atoms with Gasteiger partial charge in [-0.15, -0.1) is 0 Å². The Bertz CT molecular complexity index is 1690. The second-order valence-corrected chi connectivity index (χ2v) is 10.2. The van der Waals surface area contributed by atoms with Crippen LogP contribution in [-0.2, 0) is 10.0 Å². The SMILES string of the molecule is COc1cc(-c2ccc(Cl)c(C)c2)c(F)cc1N(c1ccon1)S(=O)(=O)c1ccc2cnccc2c1. The normalized spacial score (nSPS) is 11.6. The largest absolute Gasteiger partial charge is 0.495 e. The van der Waals surface area contributed by atoms with Crippen LogP contribution in [0.15, 0.2) is 88.7 Å². The van der Waals surface area contributed by atoms with Crippen LogP contribution in [0.4, 0.5) is 15.9 Å². The number of anilines is 2. The molecule has 7 nitrogen and oxygen atoms in total. The molecule has 5 aromatic rings. The summed E-state index contributed by atoms with van der Waals surface area (Å²) in [6, 6.07) is 15.4. The number of sulfonamides is 1. The highest BCUT2D eigenvalue weighted by molar-refractivity contribution is 7.93. The summed E-state index contributed by atoms with van der Waals surface area (Å²) in [7, 11) is -2.90. The summed E-state index contributed by atoms with van der Waals surface area (Å²) in [6.45, 7) is 1.81. The van der Waals surface area contributed by atoms with E-state index in [1.54, 1.807) is 42.7 Å². The number of methoxy groups -OCH3 is 1. The summed E-state index contributed by atoms with van der Waals surface area (Å²) in [5, 5.41) is 5.83. The quantitative estimate of drug-likeness (QED) is 0.251. The molecule has 0 spiro atoms. The van der Waals surface area contributed by atoms with Gasteiger partial charge in [-0.3, -0.25) is 4.98 Å². The molecule has 0 unspecified atom stereocenters. The van der Waals surface area contributed by atoms with Crippen LogP contribution in [0.3, 0.4) is 0 Å². The van der Waals surface area contributed by atoms with Crippen LogP contribution >= 0.6 is 11.6 Å². The third-order valence-electron chi connectivity index (χ3n) is 5.74. The number of hydrogen-bond donors (Lipinski definition) is 0. The Balaban J connectivity index is 1.70. The number of halogens is 2. The van der Waals surface area contributed by atoms with Crippen molar-refractivity contribution in [2.45, 2.75) is 11.8 Å². The summed E-state index contributed by atoms with van der Waals surface area (Å²) in [4.78, 5) is 4.03. The summed E-state index contributed by atoms with van der Waals surface area (Å²) in [6.07, 6.45) is 4.44. The lowest BCUT2D eigenvalue weighted by Gasteiger charge is -2.24. The van der Waals surface area contributed by atoms with Gasteiger partial charge in [-0.2, -0.15) is 0 Å². The average molecular weight is 524 g/mol. The molecule has 0 bridgehead atoms. The van der Waals surface area contributed by atoms with Gasteiger partial charge in [-0.25, -0.2) is 17.1 Å². The van der Waals surface area contributed by atoms with E-state index in [1.807, 2.05) is 6.92 Å². The van der Waals surface area contributed by atoms with Crippen LogP contribution in [-0.4, -0.2) is 25.7 Å². The first kappa shape index (κ1) is 23.8. The van der Waals surface area contributed by atoms with E-state index in [0.29, 0.717) is 16.0 Å². The summed E-state index contributed by atoms with van der Waals surface area (Å²) in [5.74, 6) is -0.589. The molecule has 3 aromatic carbocycles. The first-order valence-corrected chi connectivity index (χ1v) is 12.5. The predicted octanol–water partition coefficient (Wildman–Crippen LogP) is 6.53. The molecule has 0 saturated carbocycles. The van der Waals surface area contributed by atoms with Gasteiger partial charge in [0.2, 0.25) is 0 Å². The van der Waals surface area contributed by atoms with Crippen molar-refractivity contribution in [1.29, 1.82) is 0 Å². The fraction of sp³-hybridized carbons (Fsp3) is 0.0769. The lowest BCUT2D eigenvalue weighted by atomic mass is 10.0. The number of ether oxygens (including phenoxy) is 1. The van der Waals surface area contributed by atoms with Gasteiger partial charge in [0, 0.05) is 40.5 Å². The Labute approximate surface area is 211 Å². The standard InChI is InChI=1S/C26H19ClFN3O4S/c1-16-11-18(4-6-22(16)27)21-13-25(34-2)24(14-23(21)28)31(26-8-10-35-30-26)36(32,33)20-5-3-19-15-29-9-7-17(19)12-20/h3-15H,1-2H3. The molecule has 2 heterocycles. The number of rotatable bonds is 6. The minimum absolute atomic E-state index is 0.0240. The van der Waals surface area contributed by atoms with E-state index in [2.05, 4.69) is 10.1 Å². The lowest BCUT2D eigenvalue weighted by molar-refractivity contribution is 0.413. The topological polar surface area (TPSA) is 85.5 Å². The molecular formula is C26H19ClFN3O4S. The van der Waals surface area contributed by atoms with Crippen LogP contribution in [0.5, 0.6) is 5.75 Å². The van der Waals surface area contributed by atoms with E-state index >= 15 is 4.39 Å². The van der Waals surface area contributed by atoms with Crippen molar-refractivity contribution in [1.82, 2.24) is 10.1 Å². The van der Waals surface area contributed by atoms with Crippen LogP contribution in [0.1, 0.15) is 5.56 Å². The second-order valence-electron chi connectivity index (χ2n) is 7.98. The number of hydrogen-bond acceptors (Lipinski definition) is 6. The highest BCUT2D eigenvalue weighted by Gasteiger charge is 2.32. The van der Waals surface area contributed by atoms with E-state index in [-0.39, 0.29) is 27.7 Å². The van der Waals surface area contributed by atoms with Gasteiger partial charge >= 0.3 is 0 Å². The number of aryl methyl sites for hydroxylation is 1. The van der Waals surface area contributed by atoms with E-state index < -0.39 is 15.8 Å². The first-order valence-electron chi connectivity index (χ1n) is 10.7. The summed E-state index contributed by atoms with van der Waals surface area (Å²) >= 11 is 6.12. The monoisotopic (exact) mass is 523 g/mol. The van der Waals surface area contributed by atoms with Crippen molar-refractivity contribution < 1.29 is 22.1 Å². The average Bonchev–Trinajstić information content (AvgIpc) is 3.40. The first-order chi connectivity index (χ1) is 17.3. The fourth-order valence-electron chi connectivity index (χ4n) is 3.91. The van der Waals surface area contributed by atoms with Crippen molar-refractivity contribution in [3.8, 4) is 16.9 Å². The molecule has 5 rings (SSSR count). The zero-order chi connectivity index (χ0) is 25.4. The van der Waals surface area contributed by atoms with Gasteiger partial charge in [0.25, 0.3) is 10.0 Å². The molecule has 0 amide bonds. The third-order valence-corrected chi connectivity index (χ3v) is 7.88. The number of fused-ring (bicyclic) bond motifs is 1. The number of aromatic nitrogens is 2. The number of benzene rings is 3. The zero-order valence-corrected chi connectivity index (χ0v) is 20.7. The molecule has 0 N–H and O–H groups in total. The molecule has 0 aliphatic heterocycles. The van der Waals surface area contributed by atoms with Gasteiger partial charge < -0.3 is 9.26 Å². The maximum absolute atomic E-state index is 15.5. The Hall–Kier alpha value is -3.95. The highest BCUT2D eigenvalue weighted by atomic mass is 35.5. The van der Waals surface area contributed by atoms with E-state index in [0.717, 1.165) is 21.3 Å². The Morgan fingerprint density at radius 3 is 2.58 bits per heavy atom. The van der Waals surface area contributed by atoms with Crippen molar-refractivity contribution in [3.05, 3.63) is 95.7 Å². The van der Waals surface area contributed by atoms with Crippen molar-refractivity contribution >= 4 is 43.9 Å². The minimum Gasteiger partial charge on any atom is -0.495 e. The molecule has 2 aromatic heterocycles. The molecule has 0 saturated heterocycles. The van der Waals surface area contributed by atoms with Crippen molar-refractivity contribution in [2.75, 3.05) is 11.4 Å². The molecule has 0 aliphatic carbocycles. The molecular weight excluding hydrogens is 505 g/mol. The summed E-state index contributed by atoms with van der Waals surface area (Å²) in [5.41, 5.74) is 1.51. The molecule has 0 fully saturated rings. The third kappa shape index (κ3) is 4.16. The predicted molar refractivity (Wildman–Crippen MR) is 136 cm³/mol. The molecule has 10 heteroatoms. The zero-order valence-electron chi connectivity index (χ0n) is 19.1. The van der Waals surface area contributed by atoms with Gasteiger partial charge in [0.15, 0.2) is 5.82 Å². The molecule has 36 heavy (non-hydrogen) atoms. The summed E-state index contributed by atoms with van der Waals surface area (Å²) < 4.78 is 54.7. The van der Waals surface area contributed by atoms with E-state index in [1.165, 1.54) is 37.6 Å². The van der Waals surface area contributed by atoms with Crippen LogP contribution in [0.2, 0.25) is 5.02 Å².